The number of nitrogens with one attached hydrogen (secondary N) is 1. The quantitative estimate of drug-likeness (QED) is 0.514. The molecule has 1 N–H and O–H groups in total. The average Bonchev–Trinajstić information content (AvgIpc) is 3.57. The molecule has 6 rings (SSSR count). The first-order chi connectivity index (χ1) is 15.3. The van der Waals surface area contributed by atoms with Gasteiger partial charge in [-0.1, -0.05) is 12.1 Å². The lowest BCUT2D eigenvalue weighted by molar-refractivity contribution is -0.468. The normalized spacial score (nSPS) is 16.1. The largest absolute Gasteiger partial charge is 0.459 e. The van der Waals surface area contributed by atoms with Crippen LogP contribution in [0.15, 0.2) is 47.1 Å². The van der Waals surface area contributed by atoms with Crippen molar-refractivity contribution in [1.82, 2.24) is 9.88 Å². The van der Waals surface area contributed by atoms with Crippen molar-refractivity contribution >= 4 is 28.4 Å². The Morgan fingerprint density at radius 3 is 2.65 bits per heavy atom. The van der Waals surface area contributed by atoms with Crippen molar-refractivity contribution in [2.45, 2.75) is 19.3 Å². The molecule has 0 bridgehead atoms. The average molecular weight is 412 g/mol. The van der Waals surface area contributed by atoms with E-state index in [0.29, 0.717) is 18.8 Å². The van der Waals surface area contributed by atoms with Crippen molar-refractivity contribution in [3.8, 4) is 6.07 Å². The van der Waals surface area contributed by atoms with Gasteiger partial charge in [-0.25, -0.2) is 0 Å². The Labute approximate surface area is 179 Å². The maximum absolute atomic E-state index is 12.7. The fourth-order valence-corrected chi connectivity index (χ4v) is 5.15. The predicted molar refractivity (Wildman–Crippen MR) is 115 cm³/mol. The molecule has 0 radical (unpaired) electrons. The van der Waals surface area contributed by atoms with Crippen LogP contribution in [0, 0.1) is 11.3 Å². The van der Waals surface area contributed by atoms with Crippen LogP contribution in [0.25, 0.3) is 16.7 Å². The Balaban J connectivity index is 1.45. The van der Waals surface area contributed by atoms with Crippen molar-refractivity contribution in [2.75, 3.05) is 31.1 Å². The number of rotatable bonds is 2. The van der Waals surface area contributed by atoms with Gasteiger partial charge in [0.25, 0.3) is 5.91 Å². The van der Waals surface area contributed by atoms with E-state index in [4.69, 9.17) is 4.42 Å². The molecule has 1 aliphatic heterocycles. The molecule has 1 aliphatic carbocycles. The lowest BCUT2D eigenvalue weighted by Crippen LogP contribution is -2.51. The number of anilines is 1. The van der Waals surface area contributed by atoms with Crippen LogP contribution >= 0.6 is 0 Å². The van der Waals surface area contributed by atoms with Gasteiger partial charge in [0.2, 0.25) is 11.5 Å². The number of H-pyrrole nitrogens is 1. The number of pyridine rings is 1. The van der Waals surface area contributed by atoms with E-state index >= 15 is 0 Å². The molecular weight excluding hydrogens is 390 g/mol. The van der Waals surface area contributed by atoms with E-state index in [9.17, 15) is 10.1 Å². The summed E-state index contributed by atoms with van der Waals surface area (Å²) in [6.07, 6.45) is 4.52. The minimum absolute atomic E-state index is 0.0559. The number of carbonyl (C=O) groups excluding carboxylic acids is 1. The second-order valence-electron chi connectivity index (χ2n) is 8.20. The van der Waals surface area contributed by atoms with Gasteiger partial charge in [0, 0.05) is 5.56 Å². The molecular formula is C24H22N5O2+. The number of hydrogen-bond acceptors (Lipinski definition) is 4. The van der Waals surface area contributed by atoms with Gasteiger partial charge < -0.3 is 9.32 Å². The van der Waals surface area contributed by atoms with Gasteiger partial charge in [0.05, 0.1) is 32.4 Å². The molecule has 7 nitrogen and oxygen atoms in total. The maximum atomic E-state index is 12.7. The Hall–Kier alpha value is -3.79. The van der Waals surface area contributed by atoms with Crippen molar-refractivity contribution in [1.29, 1.82) is 5.26 Å². The minimum Gasteiger partial charge on any atom is -0.459 e. The summed E-state index contributed by atoms with van der Waals surface area (Å²) >= 11 is 0. The minimum atomic E-state index is -0.0559. The van der Waals surface area contributed by atoms with Crippen molar-refractivity contribution < 1.29 is 13.6 Å². The predicted octanol–water partition coefficient (Wildman–Crippen LogP) is 2.82. The maximum Gasteiger partial charge on any atom is 0.289 e. The third-order valence-corrected chi connectivity index (χ3v) is 6.57. The molecule has 154 valence electrons. The standard InChI is InChI=1S/C24H21N5O2/c25-15-18-16-5-3-6-17(16)23(29-20-8-2-1-7-19(20)26-22(18)29)27-10-12-28(13-11-27)24(30)21-9-4-14-31-21/h1-2,4,7-9,14H,3,5-6,10-13H2/p+1. The number of piperazine rings is 1. The Bertz CT molecular complexity index is 1350. The van der Waals surface area contributed by atoms with Gasteiger partial charge in [0.1, 0.15) is 22.7 Å². The number of para-hydroxylation sites is 2. The smallest absolute Gasteiger partial charge is 0.289 e. The van der Waals surface area contributed by atoms with Gasteiger partial charge in [-0.05, 0) is 49.1 Å². The molecule has 0 saturated carbocycles. The van der Waals surface area contributed by atoms with Crippen molar-refractivity contribution in [3.63, 3.8) is 0 Å². The zero-order valence-electron chi connectivity index (χ0n) is 17.1. The number of hydrogen-bond donors (Lipinski definition) is 1. The summed E-state index contributed by atoms with van der Waals surface area (Å²) < 4.78 is 7.52. The second-order valence-corrected chi connectivity index (χ2v) is 8.20. The van der Waals surface area contributed by atoms with E-state index in [1.54, 1.807) is 12.1 Å². The van der Waals surface area contributed by atoms with Crippen molar-refractivity contribution in [3.05, 3.63) is 65.1 Å². The fraction of sp³-hybridized carbons (Fsp3) is 0.292. The number of furan rings is 1. The van der Waals surface area contributed by atoms with Crippen LogP contribution in [-0.2, 0) is 12.8 Å². The first-order valence-corrected chi connectivity index (χ1v) is 10.7. The van der Waals surface area contributed by atoms with Gasteiger partial charge in [-0.2, -0.15) is 9.66 Å². The second kappa shape index (κ2) is 6.88. The molecule has 0 spiro atoms. The number of imidazole rings is 1. The van der Waals surface area contributed by atoms with Crippen LogP contribution < -0.4 is 9.30 Å². The number of benzene rings is 1. The van der Waals surface area contributed by atoms with Gasteiger partial charge in [-0.15, -0.1) is 0 Å². The van der Waals surface area contributed by atoms with E-state index in [-0.39, 0.29) is 5.91 Å². The third kappa shape index (κ3) is 2.65. The highest BCUT2D eigenvalue weighted by atomic mass is 16.3. The molecule has 0 unspecified atom stereocenters. The van der Waals surface area contributed by atoms with Crippen LogP contribution in [0.5, 0.6) is 0 Å². The highest BCUT2D eigenvalue weighted by molar-refractivity contribution is 5.91. The van der Waals surface area contributed by atoms with E-state index in [2.05, 4.69) is 32.5 Å². The molecule has 4 heterocycles. The number of aromatic nitrogens is 2. The zero-order chi connectivity index (χ0) is 20.9. The highest BCUT2D eigenvalue weighted by Gasteiger charge is 2.35. The van der Waals surface area contributed by atoms with Crippen LogP contribution in [0.3, 0.4) is 0 Å². The number of nitriles is 1. The summed E-state index contributed by atoms with van der Waals surface area (Å²) in [5.41, 5.74) is 6.19. The molecule has 7 heteroatoms. The topological polar surface area (TPSA) is 80.4 Å². The van der Waals surface area contributed by atoms with E-state index in [1.807, 2.05) is 17.0 Å². The monoisotopic (exact) mass is 412 g/mol. The number of nitrogens with zero attached hydrogens (tertiary/aromatic N) is 4. The Kier molecular flexibility index (Phi) is 4.00. The van der Waals surface area contributed by atoms with E-state index in [1.165, 1.54) is 23.2 Å². The number of amides is 1. The summed E-state index contributed by atoms with van der Waals surface area (Å²) in [5, 5.41) is 9.96. The number of fused-ring (bicyclic) bond motifs is 4. The third-order valence-electron chi connectivity index (χ3n) is 6.57. The summed E-state index contributed by atoms with van der Waals surface area (Å²) in [4.78, 5) is 20.4. The Morgan fingerprint density at radius 2 is 1.87 bits per heavy atom. The zero-order valence-corrected chi connectivity index (χ0v) is 17.1. The SMILES string of the molecule is N#Cc1c2c(c(N3CCN(C(=O)c4ccco4)CC3)[n+]3c1[nH]c1ccccc13)CCC2. The molecule has 2 aliphatic rings. The number of aromatic amines is 1. The molecule has 1 saturated heterocycles. The lowest BCUT2D eigenvalue weighted by Gasteiger charge is -2.33. The van der Waals surface area contributed by atoms with Crippen LogP contribution in [0.1, 0.15) is 33.7 Å². The van der Waals surface area contributed by atoms with Crippen molar-refractivity contribution in [2.24, 2.45) is 0 Å². The van der Waals surface area contributed by atoms with Gasteiger partial charge in [-0.3, -0.25) is 14.7 Å². The van der Waals surface area contributed by atoms with E-state index < -0.39 is 0 Å². The van der Waals surface area contributed by atoms with E-state index in [0.717, 1.165) is 54.6 Å². The fourth-order valence-electron chi connectivity index (χ4n) is 5.15. The summed E-state index contributed by atoms with van der Waals surface area (Å²) in [5.74, 6) is 1.50. The highest BCUT2D eigenvalue weighted by Crippen LogP contribution is 2.34. The molecule has 1 fully saturated rings. The summed E-state index contributed by atoms with van der Waals surface area (Å²) in [7, 11) is 0. The first kappa shape index (κ1) is 18.0. The van der Waals surface area contributed by atoms with Crippen LogP contribution in [0.4, 0.5) is 5.82 Å². The van der Waals surface area contributed by atoms with Gasteiger partial charge in [0.15, 0.2) is 5.76 Å². The van der Waals surface area contributed by atoms with Crippen LogP contribution in [-0.4, -0.2) is 42.0 Å². The molecule has 1 aromatic carbocycles. The Morgan fingerprint density at radius 1 is 1.06 bits per heavy atom. The first-order valence-electron chi connectivity index (χ1n) is 10.7. The molecule has 0 atom stereocenters. The summed E-state index contributed by atoms with van der Waals surface area (Å²) in [6.45, 7) is 2.76. The van der Waals surface area contributed by atoms with Gasteiger partial charge >= 0.3 is 0 Å². The molecule has 31 heavy (non-hydrogen) atoms. The summed E-state index contributed by atoms with van der Waals surface area (Å²) in [6, 6.07) is 14.1. The molecule has 4 aromatic rings. The lowest BCUT2D eigenvalue weighted by atomic mass is 10.0. The number of carbonyl (C=O) groups is 1. The molecule has 1 amide bonds. The molecule has 3 aromatic heterocycles. The van der Waals surface area contributed by atoms with Crippen LogP contribution in [0.2, 0.25) is 0 Å².